The molecule has 0 aromatic heterocycles. The van der Waals surface area contributed by atoms with E-state index in [4.69, 9.17) is 5.11 Å². The summed E-state index contributed by atoms with van der Waals surface area (Å²) >= 11 is 3.49. The molecule has 0 aliphatic heterocycles. The van der Waals surface area contributed by atoms with Gasteiger partial charge in [0.25, 0.3) is 0 Å². The lowest BCUT2D eigenvalue weighted by molar-refractivity contribution is 0.281. The highest BCUT2D eigenvalue weighted by atomic mass is 79.9. The fourth-order valence-corrected chi connectivity index (χ4v) is 2.51. The van der Waals surface area contributed by atoms with Crippen molar-refractivity contribution in [2.75, 3.05) is 7.05 Å². The molecule has 0 saturated heterocycles. The molecule has 3 heteroatoms. The number of halogens is 1. The molecule has 0 unspecified atom stereocenters. The molecule has 2 nitrogen and oxygen atoms in total. The van der Waals surface area contributed by atoms with Crippen LogP contribution in [0.1, 0.15) is 16.7 Å². The number of aliphatic hydroxyl groups excluding tert-OH is 1. The first-order valence-corrected chi connectivity index (χ1v) is 7.08. The Bertz CT molecular complexity index is 525. The van der Waals surface area contributed by atoms with Crippen LogP contribution in [0.5, 0.6) is 0 Å². The summed E-state index contributed by atoms with van der Waals surface area (Å²) in [6.45, 7) is 1.92. The van der Waals surface area contributed by atoms with Gasteiger partial charge in [0.05, 0.1) is 6.61 Å². The fourth-order valence-electron chi connectivity index (χ4n) is 2.06. The monoisotopic (exact) mass is 319 g/mol. The van der Waals surface area contributed by atoms with Gasteiger partial charge in [-0.2, -0.15) is 0 Å². The quantitative estimate of drug-likeness (QED) is 0.910. The normalized spacial score (nSPS) is 10.9. The van der Waals surface area contributed by atoms with E-state index in [1.807, 2.05) is 18.2 Å². The highest BCUT2D eigenvalue weighted by Gasteiger charge is 2.02. The zero-order chi connectivity index (χ0) is 13.7. The Hall–Kier alpha value is -1.16. The second-order valence-electron chi connectivity index (χ2n) is 4.78. The Morgan fingerprint density at radius 1 is 0.947 bits per heavy atom. The number of rotatable bonds is 5. The van der Waals surface area contributed by atoms with E-state index in [0.29, 0.717) is 0 Å². The minimum absolute atomic E-state index is 0.105. The molecule has 0 saturated carbocycles. The van der Waals surface area contributed by atoms with Crippen molar-refractivity contribution in [3.63, 3.8) is 0 Å². The third-order valence-corrected chi connectivity index (χ3v) is 3.49. The Balaban J connectivity index is 1.95. The molecular weight excluding hydrogens is 302 g/mol. The molecule has 2 aromatic carbocycles. The molecule has 0 heterocycles. The topological polar surface area (TPSA) is 23.5 Å². The molecule has 0 aliphatic rings. The molecule has 1 N–H and O–H groups in total. The molecule has 0 radical (unpaired) electrons. The minimum Gasteiger partial charge on any atom is -0.392 e. The summed E-state index contributed by atoms with van der Waals surface area (Å²) in [6, 6.07) is 16.5. The van der Waals surface area contributed by atoms with E-state index in [2.05, 4.69) is 58.2 Å². The van der Waals surface area contributed by atoms with Gasteiger partial charge < -0.3 is 5.11 Å². The highest BCUT2D eigenvalue weighted by Crippen LogP contribution is 2.14. The van der Waals surface area contributed by atoms with E-state index < -0.39 is 0 Å². The molecule has 19 heavy (non-hydrogen) atoms. The SMILES string of the molecule is CN(Cc1ccc(CO)cc1)Cc1cccc(Br)c1. The van der Waals surface area contributed by atoms with Crippen molar-refractivity contribution in [1.29, 1.82) is 0 Å². The van der Waals surface area contributed by atoms with Crippen LogP contribution in [0.2, 0.25) is 0 Å². The van der Waals surface area contributed by atoms with Crippen molar-refractivity contribution in [3.8, 4) is 0 Å². The second kappa shape index (κ2) is 6.85. The smallest absolute Gasteiger partial charge is 0.0681 e. The van der Waals surface area contributed by atoms with Crippen LogP contribution in [0.4, 0.5) is 0 Å². The average molecular weight is 320 g/mol. The van der Waals surface area contributed by atoms with Crippen LogP contribution < -0.4 is 0 Å². The maximum Gasteiger partial charge on any atom is 0.0681 e. The van der Waals surface area contributed by atoms with Gasteiger partial charge in [0.15, 0.2) is 0 Å². The Labute approximate surface area is 122 Å². The number of hydrogen-bond acceptors (Lipinski definition) is 2. The molecular formula is C16H18BrNO. The van der Waals surface area contributed by atoms with E-state index in [1.54, 1.807) is 0 Å². The predicted octanol–water partition coefficient (Wildman–Crippen LogP) is 3.57. The summed E-state index contributed by atoms with van der Waals surface area (Å²) in [7, 11) is 2.11. The maximum absolute atomic E-state index is 9.02. The highest BCUT2D eigenvalue weighted by molar-refractivity contribution is 9.10. The van der Waals surface area contributed by atoms with E-state index in [0.717, 1.165) is 23.1 Å². The summed E-state index contributed by atoms with van der Waals surface area (Å²) in [5.41, 5.74) is 3.51. The summed E-state index contributed by atoms with van der Waals surface area (Å²) in [6.07, 6.45) is 0. The molecule has 0 amide bonds. The molecule has 0 fully saturated rings. The van der Waals surface area contributed by atoms with Crippen molar-refractivity contribution < 1.29 is 5.11 Å². The second-order valence-corrected chi connectivity index (χ2v) is 5.69. The molecule has 2 rings (SSSR count). The van der Waals surface area contributed by atoms with Crippen molar-refractivity contribution in [1.82, 2.24) is 4.90 Å². The lowest BCUT2D eigenvalue weighted by atomic mass is 10.1. The Morgan fingerprint density at radius 3 is 2.21 bits per heavy atom. The molecule has 0 spiro atoms. The van der Waals surface area contributed by atoms with Gasteiger partial charge in [0.2, 0.25) is 0 Å². The van der Waals surface area contributed by atoms with Gasteiger partial charge >= 0.3 is 0 Å². The van der Waals surface area contributed by atoms with Crippen LogP contribution in [0, 0.1) is 0 Å². The number of aliphatic hydroxyl groups is 1. The van der Waals surface area contributed by atoms with Crippen LogP contribution in [-0.2, 0) is 19.7 Å². The summed E-state index contributed by atoms with van der Waals surface area (Å²) in [5, 5.41) is 9.02. The number of benzene rings is 2. The molecule has 0 aliphatic carbocycles. The van der Waals surface area contributed by atoms with E-state index in [1.165, 1.54) is 11.1 Å². The van der Waals surface area contributed by atoms with Crippen molar-refractivity contribution in [2.24, 2.45) is 0 Å². The molecule has 2 aromatic rings. The standard InChI is InChI=1S/C16H18BrNO/c1-18(11-15-3-2-4-16(17)9-15)10-13-5-7-14(12-19)8-6-13/h2-9,19H,10-12H2,1H3. The number of nitrogens with zero attached hydrogens (tertiary/aromatic N) is 1. The van der Waals surface area contributed by atoms with Gasteiger partial charge in [-0.25, -0.2) is 0 Å². The van der Waals surface area contributed by atoms with Gasteiger partial charge in [-0.05, 0) is 35.9 Å². The fraction of sp³-hybridized carbons (Fsp3) is 0.250. The first-order chi connectivity index (χ1) is 9.17. The van der Waals surface area contributed by atoms with Crippen LogP contribution in [0.3, 0.4) is 0 Å². The maximum atomic E-state index is 9.02. The van der Waals surface area contributed by atoms with Gasteiger partial charge in [-0.3, -0.25) is 4.90 Å². The molecule has 100 valence electrons. The zero-order valence-electron chi connectivity index (χ0n) is 11.0. The lowest BCUT2D eigenvalue weighted by Gasteiger charge is -2.17. The first kappa shape index (κ1) is 14.3. The summed E-state index contributed by atoms with van der Waals surface area (Å²) in [4.78, 5) is 2.27. The zero-order valence-corrected chi connectivity index (χ0v) is 12.6. The third-order valence-electron chi connectivity index (χ3n) is 3.00. The van der Waals surface area contributed by atoms with E-state index in [9.17, 15) is 0 Å². The molecule has 0 atom stereocenters. The lowest BCUT2D eigenvalue weighted by Crippen LogP contribution is -2.17. The predicted molar refractivity (Wildman–Crippen MR) is 81.7 cm³/mol. The number of hydrogen-bond donors (Lipinski definition) is 1. The van der Waals surface area contributed by atoms with Gasteiger partial charge in [-0.1, -0.05) is 52.3 Å². The van der Waals surface area contributed by atoms with Gasteiger partial charge in [0, 0.05) is 17.6 Å². The van der Waals surface area contributed by atoms with Crippen LogP contribution in [0.25, 0.3) is 0 Å². The largest absolute Gasteiger partial charge is 0.392 e. The Kier molecular flexibility index (Phi) is 5.14. The van der Waals surface area contributed by atoms with Crippen LogP contribution in [-0.4, -0.2) is 17.1 Å². The summed E-state index contributed by atoms with van der Waals surface area (Å²) in [5.74, 6) is 0. The van der Waals surface area contributed by atoms with Crippen LogP contribution in [0.15, 0.2) is 53.0 Å². The van der Waals surface area contributed by atoms with Crippen molar-refractivity contribution in [2.45, 2.75) is 19.7 Å². The first-order valence-electron chi connectivity index (χ1n) is 6.29. The van der Waals surface area contributed by atoms with Gasteiger partial charge in [0.1, 0.15) is 0 Å². The average Bonchev–Trinajstić information content (AvgIpc) is 2.39. The van der Waals surface area contributed by atoms with Gasteiger partial charge in [-0.15, -0.1) is 0 Å². The van der Waals surface area contributed by atoms with Crippen LogP contribution >= 0.6 is 15.9 Å². The summed E-state index contributed by atoms with van der Waals surface area (Å²) < 4.78 is 1.12. The third kappa shape index (κ3) is 4.46. The van der Waals surface area contributed by atoms with E-state index >= 15 is 0 Å². The minimum atomic E-state index is 0.105. The van der Waals surface area contributed by atoms with Crippen molar-refractivity contribution in [3.05, 3.63) is 69.7 Å². The van der Waals surface area contributed by atoms with Crippen molar-refractivity contribution >= 4 is 15.9 Å². The molecule has 0 bridgehead atoms. The Morgan fingerprint density at radius 2 is 1.58 bits per heavy atom. The van der Waals surface area contributed by atoms with E-state index in [-0.39, 0.29) is 6.61 Å².